The van der Waals surface area contributed by atoms with Crippen LogP contribution in [0.15, 0.2) is 73.3 Å². The molecule has 26 heavy (non-hydrogen) atoms. The number of benzene rings is 2. The minimum atomic E-state index is -0.215. The molecule has 132 valence electrons. The van der Waals surface area contributed by atoms with Gasteiger partial charge in [-0.3, -0.25) is 9.48 Å². The van der Waals surface area contributed by atoms with E-state index in [1.807, 2.05) is 54.6 Å². The summed E-state index contributed by atoms with van der Waals surface area (Å²) in [5.41, 5.74) is 1.85. The standard InChI is InChI=1S/C20H20N4O2/c1-26-19-10-6-5-9-17(19)11-12-20(25)23-18(13-24-15-21-14-22-24)16-7-3-2-4-8-16/h2-12,14-15,18H,13H2,1H3,(H,23,25)/b12-11-/t18-/m0/s1. The summed E-state index contributed by atoms with van der Waals surface area (Å²) in [7, 11) is 1.61. The van der Waals surface area contributed by atoms with Gasteiger partial charge in [0.15, 0.2) is 0 Å². The minimum Gasteiger partial charge on any atom is -0.496 e. The van der Waals surface area contributed by atoms with Gasteiger partial charge in [0.1, 0.15) is 18.4 Å². The summed E-state index contributed by atoms with van der Waals surface area (Å²) < 4.78 is 6.99. The number of hydrogen-bond donors (Lipinski definition) is 1. The third-order valence-corrected chi connectivity index (χ3v) is 3.91. The molecular formula is C20H20N4O2. The normalized spacial score (nSPS) is 12.0. The Labute approximate surface area is 152 Å². The predicted molar refractivity (Wildman–Crippen MR) is 99.4 cm³/mol. The Bertz CT molecular complexity index is 861. The SMILES string of the molecule is COc1ccccc1/C=C\C(=O)N[C@@H](Cn1cncn1)c1ccccc1. The molecule has 0 saturated heterocycles. The van der Waals surface area contributed by atoms with Gasteiger partial charge < -0.3 is 10.1 Å². The van der Waals surface area contributed by atoms with Gasteiger partial charge in [-0.25, -0.2) is 4.98 Å². The first-order valence-corrected chi connectivity index (χ1v) is 8.25. The highest BCUT2D eigenvalue weighted by molar-refractivity contribution is 5.92. The monoisotopic (exact) mass is 348 g/mol. The first-order valence-electron chi connectivity index (χ1n) is 8.25. The second-order valence-corrected chi connectivity index (χ2v) is 5.66. The Balaban J connectivity index is 1.73. The molecule has 6 heteroatoms. The number of amides is 1. The van der Waals surface area contributed by atoms with Crippen molar-refractivity contribution in [1.29, 1.82) is 0 Å². The summed E-state index contributed by atoms with van der Waals surface area (Å²) in [6, 6.07) is 17.1. The van der Waals surface area contributed by atoms with Gasteiger partial charge in [0.2, 0.25) is 5.91 Å². The molecule has 1 amide bonds. The maximum Gasteiger partial charge on any atom is 0.244 e. The van der Waals surface area contributed by atoms with E-state index in [1.165, 1.54) is 12.4 Å². The van der Waals surface area contributed by atoms with E-state index in [0.29, 0.717) is 6.54 Å². The van der Waals surface area contributed by atoms with Crippen LogP contribution < -0.4 is 10.1 Å². The lowest BCUT2D eigenvalue weighted by atomic mass is 10.1. The Morgan fingerprint density at radius 2 is 1.96 bits per heavy atom. The van der Waals surface area contributed by atoms with Gasteiger partial charge in [0, 0.05) is 11.6 Å². The second kappa shape index (κ2) is 8.62. The third kappa shape index (κ3) is 4.57. The van der Waals surface area contributed by atoms with Gasteiger partial charge in [0.25, 0.3) is 0 Å². The fraction of sp³-hybridized carbons (Fsp3) is 0.150. The quantitative estimate of drug-likeness (QED) is 0.667. The van der Waals surface area contributed by atoms with Crippen molar-refractivity contribution in [2.75, 3.05) is 7.11 Å². The Morgan fingerprint density at radius 1 is 1.19 bits per heavy atom. The summed E-state index contributed by atoms with van der Waals surface area (Å²) in [6.45, 7) is 0.498. The summed E-state index contributed by atoms with van der Waals surface area (Å²) in [5, 5.41) is 7.15. The van der Waals surface area contributed by atoms with Crippen molar-refractivity contribution in [2.45, 2.75) is 12.6 Å². The van der Waals surface area contributed by atoms with E-state index in [0.717, 1.165) is 16.9 Å². The summed E-state index contributed by atoms with van der Waals surface area (Å²) in [4.78, 5) is 16.4. The first kappa shape index (κ1) is 17.4. The van der Waals surface area contributed by atoms with E-state index in [1.54, 1.807) is 24.2 Å². The van der Waals surface area contributed by atoms with Gasteiger partial charge in [-0.1, -0.05) is 48.5 Å². The predicted octanol–water partition coefficient (Wildman–Crippen LogP) is 2.86. The van der Waals surface area contributed by atoms with Crippen molar-refractivity contribution < 1.29 is 9.53 Å². The number of hydrogen-bond acceptors (Lipinski definition) is 4. The van der Waals surface area contributed by atoms with Gasteiger partial charge >= 0.3 is 0 Å². The lowest BCUT2D eigenvalue weighted by molar-refractivity contribution is -0.117. The number of para-hydroxylation sites is 1. The van der Waals surface area contributed by atoms with E-state index in [2.05, 4.69) is 15.4 Å². The van der Waals surface area contributed by atoms with Crippen molar-refractivity contribution in [2.24, 2.45) is 0 Å². The third-order valence-electron chi connectivity index (χ3n) is 3.91. The minimum absolute atomic E-state index is 0.190. The number of methoxy groups -OCH3 is 1. The molecule has 2 aromatic carbocycles. The van der Waals surface area contributed by atoms with Crippen molar-refractivity contribution in [3.05, 3.63) is 84.5 Å². The molecule has 0 aliphatic heterocycles. The molecule has 0 unspecified atom stereocenters. The highest BCUT2D eigenvalue weighted by atomic mass is 16.5. The van der Waals surface area contributed by atoms with Crippen LogP contribution in [0.4, 0.5) is 0 Å². The summed E-state index contributed by atoms with van der Waals surface area (Å²) in [6.07, 6.45) is 6.36. The lowest BCUT2D eigenvalue weighted by Crippen LogP contribution is -2.30. The van der Waals surface area contributed by atoms with Crippen molar-refractivity contribution in [3.8, 4) is 5.75 Å². The summed E-state index contributed by atoms with van der Waals surface area (Å²) in [5.74, 6) is 0.531. The van der Waals surface area contributed by atoms with Crippen molar-refractivity contribution in [1.82, 2.24) is 20.1 Å². The molecule has 0 aliphatic carbocycles. The molecule has 0 fully saturated rings. The largest absolute Gasteiger partial charge is 0.496 e. The highest BCUT2D eigenvalue weighted by Crippen LogP contribution is 2.19. The number of aromatic nitrogens is 3. The smallest absolute Gasteiger partial charge is 0.244 e. The van der Waals surface area contributed by atoms with Crippen LogP contribution in [-0.2, 0) is 11.3 Å². The van der Waals surface area contributed by atoms with Gasteiger partial charge in [-0.15, -0.1) is 0 Å². The number of carbonyl (C=O) groups excluding carboxylic acids is 1. The fourth-order valence-corrected chi connectivity index (χ4v) is 2.62. The number of ether oxygens (including phenoxy) is 1. The molecule has 0 saturated carbocycles. The van der Waals surface area contributed by atoms with Crippen LogP contribution in [0.3, 0.4) is 0 Å². The zero-order valence-electron chi connectivity index (χ0n) is 14.4. The van der Waals surface area contributed by atoms with E-state index >= 15 is 0 Å². The lowest BCUT2D eigenvalue weighted by Gasteiger charge is -2.18. The second-order valence-electron chi connectivity index (χ2n) is 5.66. The van der Waals surface area contributed by atoms with Gasteiger partial charge in [0.05, 0.1) is 19.7 Å². The van der Waals surface area contributed by atoms with Crippen LogP contribution in [0.1, 0.15) is 17.2 Å². The molecule has 1 aromatic heterocycles. The molecular weight excluding hydrogens is 328 g/mol. The number of rotatable bonds is 7. The van der Waals surface area contributed by atoms with Crippen LogP contribution in [0, 0.1) is 0 Å². The van der Waals surface area contributed by atoms with Crippen molar-refractivity contribution in [3.63, 3.8) is 0 Å². The molecule has 3 aromatic rings. The topological polar surface area (TPSA) is 69.0 Å². The van der Waals surface area contributed by atoms with Crippen molar-refractivity contribution >= 4 is 12.0 Å². The Hall–Kier alpha value is -3.41. The van der Waals surface area contributed by atoms with Crippen LogP contribution in [-0.4, -0.2) is 27.8 Å². The molecule has 1 N–H and O–H groups in total. The van der Waals surface area contributed by atoms with Crippen LogP contribution in [0.2, 0.25) is 0 Å². The summed E-state index contributed by atoms with van der Waals surface area (Å²) >= 11 is 0. The Kier molecular flexibility index (Phi) is 5.77. The first-order chi connectivity index (χ1) is 12.8. The zero-order chi connectivity index (χ0) is 18.2. The number of carbonyl (C=O) groups is 1. The number of nitrogens with one attached hydrogen (secondary N) is 1. The molecule has 0 aliphatic rings. The molecule has 1 heterocycles. The highest BCUT2D eigenvalue weighted by Gasteiger charge is 2.14. The Morgan fingerprint density at radius 3 is 2.69 bits per heavy atom. The molecule has 1 atom stereocenters. The molecule has 0 spiro atoms. The average Bonchev–Trinajstić information content (AvgIpc) is 3.20. The van der Waals surface area contributed by atoms with E-state index in [4.69, 9.17) is 4.74 Å². The number of nitrogens with zero attached hydrogens (tertiary/aromatic N) is 3. The maximum absolute atomic E-state index is 12.4. The average molecular weight is 348 g/mol. The van der Waals surface area contributed by atoms with E-state index in [-0.39, 0.29) is 11.9 Å². The van der Waals surface area contributed by atoms with Gasteiger partial charge in [-0.05, 0) is 17.7 Å². The molecule has 3 rings (SSSR count). The fourth-order valence-electron chi connectivity index (χ4n) is 2.62. The molecule has 6 nitrogen and oxygen atoms in total. The van der Waals surface area contributed by atoms with E-state index < -0.39 is 0 Å². The maximum atomic E-state index is 12.4. The van der Waals surface area contributed by atoms with Crippen LogP contribution in [0.25, 0.3) is 6.08 Å². The van der Waals surface area contributed by atoms with Crippen LogP contribution >= 0.6 is 0 Å². The molecule has 0 bridgehead atoms. The van der Waals surface area contributed by atoms with Gasteiger partial charge in [-0.2, -0.15) is 5.10 Å². The molecule has 0 radical (unpaired) electrons. The van der Waals surface area contributed by atoms with Crippen LogP contribution in [0.5, 0.6) is 5.75 Å². The van der Waals surface area contributed by atoms with E-state index in [9.17, 15) is 4.79 Å². The zero-order valence-corrected chi connectivity index (χ0v) is 14.4.